The summed E-state index contributed by atoms with van der Waals surface area (Å²) in [6.45, 7) is 0. The molecular formula is C14H16F3NO3S. The maximum absolute atomic E-state index is 13.2. The van der Waals surface area contributed by atoms with E-state index in [4.69, 9.17) is 0 Å². The van der Waals surface area contributed by atoms with Crippen molar-refractivity contribution in [1.82, 2.24) is 4.90 Å². The van der Waals surface area contributed by atoms with E-state index in [1.54, 1.807) is 0 Å². The van der Waals surface area contributed by atoms with Gasteiger partial charge in [-0.25, -0.2) is 21.6 Å². The summed E-state index contributed by atoms with van der Waals surface area (Å²) in [5, 5.41) is -0.698. The van der Waals surface area contributed by atoms with Crippen molar-refractivity contribution in [2.75, 3.05) is 13.3 Å². The molecule has 2 atom stereocenters. The smallest absolute Gasteiger partial charge is 0.254 e. The Bertz CT molecular complexity index is 682. The number of hydrogen-bond acceptors (Lipinski definition) is 3. The van der Waals surface area contributed by atoms with Crippen molar-refractivity contribution in [3.05, 3.63) is 35.1 Å². The second kappa shape index (κ2) is 5.91. The zero-order chi connectivity index (χ0) is 16.7. The number of halogens is 3. The van der Waals surface area contributed by atoms with Gasteiger partial charge in [-0.15, -0.1) is 0 Å². The number of sulfone groups is 1. The minimum absolute atomic E-state index is 0.349. The molecule has 22 heavy (non-hydrogen) atoms. The van der Waals surface area contributed by atoms with Crippen molar-refractivity contribution in [3.8, 4) is 0 Å². The van der Waals surface area contributed by atoms with E-state index in [0.29, 0.717) is 31.4 Å². The molecule has 0 radical (unpaired) electrons. The number of carbonyl (C=O) groups is 1. The Hall–Kier alpha value is -1.57. The topological polar surface area (TPSA) is 54.5 Å². The summed E-state index contributed by atoms with van der Waals surface area (Å²) in [4.78, 5) is 13.5. The van der Waals surface area contributed by atoms with Gasteiger partial charge in [0.1, 0.15) is 0 Å². The van der Waals surface area contributed by atoms with Gasteiger partial charge in [-0.3, -0.25) is 4.79 Å². The van der Waals surface area contributed by atoms with Gasteiger partial charge in [0.05, 0.1) is 5.25 Å². The van der Waals surface area contributed by atoms with Crippen molar-refractivity contribution in [2.24, 2.45) is 0 Å². The Morgan fingerprint density at radius 1 is 1.18 bits per heavy atom. The molecule has 0 saturated heterocycles. The van der Waals surface area contributed by atoms with Crippen LogP contribution in [-0.4, -0.2) is 43.8 Å². The average Bonchev–Trinajstić information content (AvgIpc) is 2.92. The zero-order valence-electron chi connectivity index (χ0n) is 12.1. The third-order valence-corrected chi connectivity index (χ3v) is 5.67. The molecule has 1 aromatic carbocycles. The summed E-state index contributed by atoms with van der Waals surface area (Å²) in [6, 6.07) is 0.669. The van der Waals surface area contributed by atoms with Gasteiger partial charge in [0, 0.05) is 24.9 Å². The maximum Gasteiger partial charge on any atom is 0.254 e. The lowest BCUT2D eigenvalue weighted by molar-refractivity contribution is 0.0736. The standard InChI is InChI=1S/C14H16F3NO3S/c1-18(11-4-3-5-12(11)22(2,20)21)14(19)8-6-9(15)13(17)10(16)7-8/h6-7,11-12H,3-5H2,1-2H3. The van der Waals surface area contributed by atoms with Crippen LogP contribution < -0.4 is 0 Å². The fourth-order valence-electron chi connectivity index (χ4n) is 2.88. The zero-order valence-corrected chi connectivity index (χ0v) is 13.0. The highest BCUT2D eigenvalue weighted by atomic mass is 32.2. The van der Waals surface area contributed by atoms with Crippen LogP contribution >= 0.6 is 0 Å². The largest absolute Gasteiger partial charge is 0.337 e. The van der Waals surface area contributed by atoms with Crippen LogP contribution in [0, 0.1) is 17.5 Å². The first kappa shape index (κ1) is 16.8. The Morgan fingerprint density at radius 3 is 2.23 bits per heavy atom. The van der Waals surface area contributed by atoms with E-state index in [9.17, 15) is 26.4 Å². The molecule has 2 unspecified atom stereocenters. The van der Waals surface area contributed by atoms with Gasteiger partial charge in [0.15, 0.2) is 27.3 Å². The van der Waals surface area contributed by atoms with E-state index < -0.39 is 44.5 Å². The highest BCUT2D eigenvalue weighted by Crippen LogP contribution is 2.29. The molecule has 8 heteroatoms. The van der Waals surface area contributed by atoms with Crippen LogP contribution in [0.3, 0.4) is 0 Å². The summed E-state index contributed by atoms with van der Waals surface area (Å²) >= 11 is 0. The van der Waals surface area contributed by atoms with E-state index in [2.05, 4.69) is 0 Å². The molecule has 1 fully saturated rings. The molecule has 122 valence electrons. The fourth-order valence-corrected chi connectivity index (χ4v) is 4.37. The average molecular weight is 335 g/mol. The lowest BCUT2D eigenvalue weighted by atomic mass is 10.1. The molecule has 1 amide bonds. The Morgan fingerprint density at radius 2 is 1.73 bits per heavy atom. The van der Waals surface area contributed by atoms with Crippen LogP contribution in [0.25, 0.3) is 0 Å². The van der Waals surface area contributed by atoms with Crippen LogP contribution in [0.15, 0.2) is 12.1 Å². The highest BCUT2D eigenvalue weighted by Gasteiger charge is 2.39. The van der Waals surface area contributed by atoms with Crippen LogP contribution in [0.5, 0.6) is 0 Å². The van der Waals surface area contributed by atoms with E-state index in [0.717, 1.165) is 6.26 Å². The number of nitrogens with zero attached hydrogens (tertiary/aromatic N) is 1. The second-order valence-electron chi connectivity index (χ2n) is 5.54. The van der Waals surface area contributed by atoms with E-state index >= 15 is 0 Å². The summed E-state index contributed by atoms with van der Waals surface area (Å²) in [5.74, 6) is -5.29. The minimum atomic E-state index is -3.34. The molecule has 1 aromatic rings. The molecule has 1 saturated carbocycles. The monoisotopic (exact) mass is 335 g/mol. The van der Waals surface area contributed by atoms with Crippen molar-refractivity contribution < 1.29 is 26.4 Å². The highest BCUT2D eigenvalue weighted by molar-refractivity contribution is 7.91. The van der Waals surface area contributed by atoms with Gasteiger partial charge in [-0.2, -0.15) is 0 Å². The molecule has 0 spiro atoms. The van der Waals surface area contributed by atoms with Crippen molar-refractivity contribution in [2.45, 2.75) is 30.6 Å². The lowest BCUT2D eigenvalue weighted by Crippen LogP contribution is -2.44. The molecule has 0 aliphatic heterocycles. The van der Waals surface area contributed by atoms with Crippen LogP contribution in [-0.2, 0) is 9.84 Å². The molecule has 4 nitrogen and oxygen atoms in total. The summed E-state index contributed by atoms with van der Waals surface area (Å²) in [5.41, 5.74) is -0.349. The number of hydrogen-bond donors (Lipinski definition) is 0. The number of rotatable bonds is 3. The van der Waals surface area contributed by atoms with Crippen LogP contribution in [0.4, 0.5) is 13.2 Å². The third kappa shape index (κ3) is 3.11. The number of carbonyl (C=O) groups excluding carboxylic acids is 1. The van der Waals surface area contributed by atoms with Crippen molar-refractivity contribution >= 4 is 15.7 Å². The number of amides is 1. The van der Waals surface area contributed by atoms with E-state index in [1.807, 2.05) is 0 Å². The first-order valence-electron chi connectivity index (χ1n) is 6.73. The van der Waals surface area contributed by atoms with E-state index in [1.165, 1.54) is 11.9 Å². The van der Waals surface area contributed by atoms with Gasteiger partial charge < -0.3 is 4.90 Å². The summed E-state index contributed by atoms with van der Waals surface area (Å²) in [6.07, 6.45) is 2.68. The van der Waals surface area contributed by atoms with Gasteiger partial charge in [-0.05, 0) is 31.4 Å². The molecule has 2 rings (SSSR count). The SMILES string of the molecule is CN(C(=O)c1cc(F)c(F)c(F)c1)C1CCCC1S(C)(=O)=O. The quantitative estimate of drug-likeness (QED) is 0.795. The van der Waals surface area contributed by atoms with Crippen molar-refractivity contribution in [1.29, 1.82) is 0 Å². The Balaban J connectivity index is 2.30. The summed E-state index contributed by atoms with van der Waals surface area (Å²) in [7, 11) is -1.95. The van der Waals surface area contributed by atoms with Gasteiger partial charge in [0.2, 0.25) is 0 Å². The van der Waals surface area contributed by atoms with Gasteiger partial charge >= 0.3 is 0 Å². The lowest BCUT2D eigenvalue weighted by Gasteiger charge is -2.29. The van der Waals surface area contributed by atoms with Gasteiger partial charge in [-0.1, -0.05) is 0 Å². The Kier molecular flexibility index (Phi) is 4.51. The molecule has 0 aromatic heterocycles. The molecule has 0 heterocycles. The molecule has 0 bridgehead atoms. The molecule has 0 N–H and O–H groups in total. The molecule has 1 aliphatic rings. The first-order valence-corrected chi connectivity index (χ1v) is 8.69. The Labute approximate surface area is 126 Å². The first-order chi connectivity index (χ1) is 10.1. The fraction of sp³-hybridized carbons (Fsp3) is 0.500. The predicted octanol–water partition coefficient (Wildman–Crippen LogP) is 2.14. The maximum atomic E-state index is 13.2. The normalized spacial score (nSPS) is 21.9. The van der Waals surface area contributed by atoms with Crippen LogP contribution in [0.2, 0.25) is 0 Å². The predicted molar refractivity (Wildman–Crippen MR) is 74.7 cm³/mol. The van der Waals surface area contributed by atoms with Gasteiger partial charge in [0.25, 0.3) is 5.91 Å². The molecule has 1 aliphatic carbocycles. The molecular weight excluding hydrogens is 319 g/mol. The van der Waals surface area contributed by atoms with Crippen molar-refractivity contribution in [3.63, 3.8) is 0 Å². The third-order valence-electron chi connectivity index (χ3n) is 4.02. The van der Waals surface area contributed by atoms with Crippen LogP contribution in [0.1, 0.15) is 29.6 Å². The van der Waals surface area contributed by atoms with E-state index in [-0.39, 0.29) is 5.56 Å². The number of benzene rings is 1. The second-order valence-corrected chi connectivity index (χ2v) is 7.80. The summed E-state index contributed by atoms with van der Waals surface area (Å²) < 4.78 is 62.9. The minimum Gasteiger partial charge on any atom is -0.337 e.